The Bertz CT molecular complexity index is 1050. The average Bonchev–Trinajstić information content (AvgIpc) is 2.80. The number of ether oxygens (including phenoxy) is 3. The molecule has 4 rings (SSSR count). The van der Waals surface area contributed by atoms with Gasteiger partial charge >= 0.3 is 0 Å². The molecule has 2 aromatic rings. The Morgan fingerprint density at radius 3 is 2.47 bits per heavy atom. The predicted molar refractivity (Wildman–Crippen MR) is 104 cm³/mol. The number of carbonyl (C=O) groups is 3. The van der Waals surface area contributed by atoms with Gasteiger partial charge in [-0.15, -0.1) is 0 Å². The van der Waals surface area contributed by atoms with Crippen LogP contribution in [0, 0.1) is 0 Å². The van der Waals surface area contributed by atoms with Crippen molar-refractivity contribution in [3.63, 3.8) is 0 Å². The number of methoxy groups -OCH3 is 2. The molecular formula is C22H20N2O6. The Labute approximate surface area is 172 Å². The Morgan fingerprint density at radius 2 is 1.83 bits per heavy atom. The Kier molecular flexibility index (Phi) is 5.29. The van der Waals surface area contributed by atoms with E-state index >= 15 is 0 Å². The van der Waals surface area contributed by atoms with Crippen molar-refractivity contribution < 1.29 is 28.6 Å². The number of rotatable bonds is 5. The van der Waals surface area contributed by atoms with Gasteiger partial charge in [0.1, 0.15) is 0 Å². The molecule has 2 unspecified atom stereocenters. The average molecular weight is 408 g/mol. The molecule has 1 aliphatic heterocycles. The van der Waals surface area contributed by atoms with Crippen molar-refractivity contribution in [1.29, 1.82) is 0 Å². The molecule has 1 amide bonds. The minimum Gasteiger partial charge on any atom is -0.351 e. The third-order valence-corrected chi connectivity index (χ3v) is 5.25. The van der Waals surface area contributed by atoms with Gasteiger partial charge in [0.2, 0.25) is 0 Å². The molecule has 0 bridgehead atoms. The molecule has 1 aliphatic carbocycles. The van der Waals surface area contributed by atoms with Gasteiger partial charge in [-0.1, -0.05) is 30.3 Å². The van der Waals surface area contributed by atoms with Crippen LogP contribution in [0.15, 0.2) is 59.8 Å². The quantitative estimate of drug-likeness (QED) is 0.805. The zero-order valence-corrected chi connectivity index (χ0v) is 16.5. The topological polar surface area (TPSA) is 104 Å². The standard InChI is InChI=1S/C22H20N2O6/c1-28-20-17-16(18(25)14-8-3-4-9-15(14)19(17)26)11-22(29-2,30-20)21(27)24-12-13-7-5-6-10-23-13/h3-10,20H,11-12H2,1-2H3,(H,24,27). The second-order valence-corrected chi connectivity index (χ2v) is 6.92. The number of pyridine rings is 1. The Hall–Kier alpha value is -3.20. The second kappa shape index (κ2) is 7.91. The molecule has 1 aromatic heterocycles. The van der Waals surface area contributed by atoms with Crippen molar-refractivity contribution in [3.05, 3.63) is 76.6 Å². The number of fused-ring (bicyclic) bond motifs is 1. The van der Waals surface area contributed by atoms with Crippen LogP contribution in [-0.2, 0) is 25.5 Å². The van der Waals surface area contributed by atoms with E-state index in [9.17, 15) is 14.4 Å². The van der Waals surface area contributed by atoms with Gasteiger partial charge in [0.25, 0.3) is 11.7 Å². The molecule has 30 heavy (non-hydrogen) atoms. The summed E-state index contributed by atoms with van der Waals surface area (Å²) in [6.07, 6.45) is 0.178. The summed E-state index contributed by atoms with van der Waals surface area (Å²) in [5.41, 5.74) is 1.49. The van der Waals surface area contributed by atoms with Gasteiger partial charge in [0.15, 0.2) is 17.9 Å². The fraction of sp³-hybridized carbons (Fsp3) is 0.273. The van der Waals surface area contributed by atoms with Crippen molar-refractivity contribution >= 4 is 17.5 Å². The minimum atomic E-state index is -1.82. The van der Waals surface area contributed by atoms with E-state index in [0.717, 1.165) is 0 Å². The van der Waals surface area contributed by atoms with E-state index in [1.807, 2.05) is 0 Å². The molecule has 2 heterocycles. The second-order valence-electron chi connectivity index (χ2n) is 6.92. The van der Waals surface area contributed by atoms with Crippen LogP contribution in [0.2, 0.25) is 0 Å². The molecule has 0 radical (unpaired) electrons. The fourth-order valence-electron chi connectivity index (χ4n) is 3.70. The number of ketones is 2. The third kappa shape index (κ3) is 3.24. The summed E-state index contributed by atoms with van der Waals surface area (Å²) in [7, 11) is 2.65. The van der Waals surface area contributed by atoms with Gasteiger partial charge in [-0.2, -0.15) is 0 Å². The van der Waals surface area contributed by atoms with Crippen LogP contribution in [0.5, 0.6) is 0 Å². The number of hydrogen-bond acceptors (Lipinski definition) is 7. The predicted octanol–water partition coefficient (Wildman–Crippen LogP) is 1.81. The van der Waals surface area contributed by atoms with Crippen LogP contribution in [-0.4, -0.2) is 48.8 Å². The number of hydrogen-bond donors (Lipinski definition) is 1. The van der Waals surface area contributed by atoms with Gasteiger partial charge in [-0.3, -0.25) is 19.4 Å². The monoisotopic (exact) mass is 408 g/mol. The van der Waals surface area contributed by atoms with Gasteiger partial charge in [-0.05, 0) is 12.1 Å². The number of nitrogens with zero attached hydrogens (tertiary/aromatic N) is 1. The highest BCUT2D eigenvalue weighted by Crippen LogP contribution is 2.40. The number of amides is 1. The molecular weight excluding hydrogens is 388 g/mol. The maximum absolute atomic E-state index is 13.1. The van der Waals surface area contributed by atoms with Gasteiger partial charge in [0.05, 0.1) is 17.8 Å². The van der Waals surface area contributed by atoms with Gasteiger partial charge in [-0.25, -0.2) is 0 Å². The van der Waals surface area contributed by atoms with Crippen LogP contribution < -0.4 is 5.32 Å². The maximum atomic E-state index is 13.1. The fourth-order valence-corrected chi connectivity index (χ4v) is 3.70. The van der Waals surface area contributed by atoms with Crippen molar-refractivity contribution in [2.75, 3.05) is 14.2 Å². The van der Waals surface area contributed by atoms with Crippen LogP contribution in [0.4, 0.5) is 0 Å². The van der Waals surface area contributed by atoms with Crippen molar-refractivity contribution in [2.24, 2.45) is 0 Å². The number of carbonyl (C=O) groups excluding carboxylic acids is 3. The lowest BCUT2D eigenvalue weighted by Gasteiger charge is -2.40. The van der Waals surface area contributed by atoms with E-state index < -0.39 is 18.0 Å². The first-order valence-electron chi connectivity index (χ1n) is 9.36. The highest BCUT2D eigenvalue weighted by atomic mass is 16.8. The lowest BCUT2D eigenvalue weighted by atomic mass is 9.79. The minimum absolute atomic E-state index is 0.103. The summed E-state index contributed by atoms with van der Waals surface area (Å²) in [6, 6.07) is 11.9. The smallest absolute Gasteiger partial charge is 0.281 e. The van der Waals surface area contributed by atoms with Crippen molar-refractivity contribution in [3.8, 4) is 0 Å². The summed E-state index contributed by atoms with van der Waals surface area (Å²) < 4.78 is 16.6. The Morgan fingerprint density at radius 1 is 1.13 bits per heavy atom. The molecule has 154 valence electrons. The van der Waals surface area contributed by atoms with Crippen LogP contribution in [0.1, 0.15) is 32.8 Å². The molecule has 0 saturated carbocycles. The first-order valence-corrected chi connectivity index (χ1v) is 9.36. The molecule has 8 heteroatoms. The van der Waals surface area contributed by atoms with E-state index in [1.54, 1.807) is 48.7 Å². The van der Waals surface area contributed by atoms with E-state index in [4.69, 9.17) is 14.2 Å². The van der Waals surface area contributed by atoms with E-state index in [1.165, 1.54) is 14.2 Å². The summed E-state index contributed by atoms with van der Waals surface area (Å²) >= 11 is 0. The number of benzene rings is 1. The molecule has 1 aromatic carbocycles. The SMILES string of the molecule is COC1OC(OC)(C(=O)NCc2ccccn2)CC2=C1C(=O)c1ccccc1C2=O. The van der Waals surface area contributed by atoms with Gasteiger partial charge in [0, 0.05) is 43.5 Å². The highest BCUT2D eigenvalue weighted by molar-refractivity contribution is 6.27. The molecule has 8 nitrogen and oxygen atoms in total. The third-order valence-electron chi connectivity index (χ3n) is 5.25. The molecule has 0 fully saturated rings. The van der Waals surface area contributed by atoms with Crippen LogP contribution in [0.3, 0.4) is 0 Å². The maximum Gasteiger partial charge on any atom is 0.281 e. The highest BCUT2D eigenvalue weighted by Gasteiger charge is 2.52. The van der Waals surface area contributed by atoms with E-state index in [2.05, 4.69) is 10.3 Å². The van der Waals surface area contributed by atoms with Crippen molar-refractivity contribution in [1.82, 2.24) is 10.3 Å². The summed E-state index contributed by atoms with van der Waals surface area (Å²) in [5, 5.41) is 2.72. The molecule has 1 N–H and O–H groups in total. The number of nitrogens with one attached hydrogen (secondary N) is 1. The van der Waals surface area contributed by atoms with Gasteiger partial charge < -0.3 is 19.5 Å². The summed E-state index contributed by atoms with van der Waals surface area (Å²) in [6.45, 7) is 0.146. The molecule has 0 saturated heterocycles. The Balaban J connectivity index is 1.67. The first-order chi connectivity index (χ1) is 14.5. The van der Waals surface area contributed by atoms with E-state index in [-0.39, 0.29) is 46.8 Å². The van der Waals surface area contributed by atoms with Crippen LogP contribution >= 0.6 is 0 Å². The normalized spacial score (nSPS) is 23.1. The number of Topliss-reactive ketones (excluding diaryl/α,β-unsaturated/α-hetero) is 2. The summed E-state index contributed by atoms with van der Waals surface area (Å²) in [4.78, 5) is 43.4. The number of aromatic nitrogens is 1. The lowest BCUT2D eigenvalue weighted by molar-refractivity contribution is -0.276. The molecule has 2 aliphatic rings. The van der Waals surface area contributed by atoms with E-state index in [0.29, 0.717) is 5.69 Å². The van der Waals surface area contributed by atoms with Crippen LogP contribution in [0.25, 0.3) is 0 Å². The first kappa shape index (κ1) is 20.1. The lowest BCUT2D eigenvalue weighted by Crippen LogP contribution is -2.56. The van der Waals surface area contributed by atoms with Crippen molar-refractivity contribution in [2.45, 2.75) is 25.0 Å². The zero-order chi connectivity index (χ0) is 21.3. The molecule has 0 spiro atoms. The summed E-state index contributed by atoms with van der Waals surface area (Å²) in [5.74, 6) is -3.12. The largest absolute Gasteiger partial charge is 0.351 e. The molecule has 2 atom stereocenters. The zero-order valence-electron chi connectivity index (χ0n) is 16.5.